The van der Waals surface area contributed by atoms with E-state index < -0.39 is 11.8 Å². The summed E-state index contributed by atoms with van der Waals surface area (Å²) < 4.78 is 21.0. The third-order valence-corrected chi connectivity index (χ3v) is 3.50. The number of halogens is 1. The first-order valence-electron chi connectivity index (χ1n) is 5.94. The predicted octanol–water partition coefficient (Wildman–Crippen LogP) is 2.98. The van der Waals surface area contributed by atoms with Crippen LogP contribution in [0.25, 0.3) is 22.2 Å². The molecule has 1 aromatic carbocycles. The normalized spacial score (nSPS) is 11.2. The van der Waals surface area contributed by atoms with Crippen LogP contribution in [0.15, 0.2) is 28.9 Å². The molecule has 0 unspecified atom stereocenters. The van der Waals surface area contributed by atoms with E-state index in [1.54, 1.807) is 30.7 Å². The topological polar surface area (TPSA) is 68.3 Å². The van der Waals surface area contributed by atoms with Crippen molar-refractivity contribution in [2.75, 3.05) is 0 Å². The molecule has 3 aromatic rings. The Kier molecular flexibility index (Phi) is 2.60. The molecule has 0 spiro atoms. The summed E-state index contributed by atoms with van der Waals surface area (Å²) in [5, 5.41) is 13.0. The Hall–Kier alpha value is -2.63. The van der Waals surface area contributed by atoms with Gasteiger partial charge in [-0.05, 0) is 19.1 Å². The van der Waals surface area contributed by atoms with E-state index in [1.165, 1.54) is 6.07 Å². The van der Waals surface area contributed by atoms with Crippen LogP contribution >= 0.6 is 0 Å². The average Bonchev–Trinajstić information content (AvgIpc) is 2.97. The second kappa shape index (κ2) is 4.19. The van der Waals surface area contributed by atoms with Crippen LogP contribution in [0.3, 0.4) is 0 Å². The summed E-state index contributed by atoms with van der Waals surface area (Å²) in [5.41, 5.74) is 1.73. The molecule has 102 valence electrons. The molecule has 0 aliphatic carbocycles. The van der Waals surface area contributed by atoms with E-state index in [-0.39, 0.29) is 11.3 Å². The fourth-order valence-corrected chi connectivity index (χ4v) is 2.42. The van der Waals surface area contributed by atoms with E-state index >= 15 is 0 Å². The molecule has 3 rings (SSSR count). The van der Waals surface area contributed by atoms with Crippen molar-refractivity contribution in [1.29, 1.82) is 0 Å². The summed E-state index contributed by atoms with van der Waals surface area (Å²) in [5.74, 6) is -1.51. The summed E-state index contributed by atoms with van der Waals surface area (Å²) >= 11 is 0. The molecule has 20 heavy (non-hydrogen) atoms. The maximum atomic E-state index is 14.1. The number of aromatic nitrogens is 2. The van der Waals surface area contributed by atoms with Crippen LogP contribution < -0.4 is 0 Å². The number of aromatic carboxylic acids is 1. The highest BCUT2D eigenvalue weighted by molar-refractivity contribution is 6.03. The van der Waals surface area contributed by atoms with Gasteiger partial charge in [0.25, 0.3) is 0 Å². The number of rotatable bonds is 2. The van der Waals surface area contributed by atoms with E-state index in [0.717, 1.165) is 6.20 Å². The zero-order chi connectivity index (χ0) is 14.4. The zero-order valence-corrected chi connectivity index (χ0v) is 10.8. The van der Waals surface area contributed by atoms with Crippen molar-refractivity contribution in [3.63, 3.8) is 0 Å². The van der Waals surface area contributed by atoms with E-state index in [0.29, 0.717) is 22.2 Å². The number of carboxylic acid groups (broad SMARTS) is 1. The lowest BCUT2D eigenvalue weighted by Crippen LogP contribution is -1.97. The monoisotopic (exact) mass is 274 g/mol. The molecule has 0 radical (unpaired) electrons. The first-order chi connectivity index (χ1) is 9.52. The maximum Gasteiger partial charge on any atom is 0.341 e. The standard InChI is InChI=1S/C14H11FN2O3/c1-7-11(13-8(14(18)19)6-16-20-13)12-9(15)4-3-5-10(12)17(7)2/h3-6H,1-2H3,(H,18,19). The molecule has 0 atom stereocenters. The van der Waals surface area contributed by atoms with Gasteiger partial charge in [0, 0.05) is 18.1 Å². The van der Waals surface area contributed by atoms with Gasteiger partial charge in [-0.25, -0.2) is 9.18 Å². The molecule has 5 nitrogen and oxygen atoms in total. The summed E-state index contributed by atoms with van der Waals surface area (Å²) in [7, 11) is 1.79. The number of nitrogens with zero attached hydrogens (tertiary/aromatic N) is 2. The summed E-state index contributed by atoms with van der Waals surface area (Å²) in [4.78, 5) is 11.2. The van der Waals surface area contributed by atoms with Crippen LogP contribution in [0.2, 0.25) is 0 Å². The highest BCUT2D eigenvalue weighted by Gasteiger charge is 2.25. The van der Waals surface area contributed by atoms with Crippen LogP contribution in [-0.2, 0) is 7.05 Å². The van der Waals surface area contributed by atoms with Crippen molar-refractivity contribution >= 4 is 16.9 Å². The summed E-state index contributed by atoms with van der Waals surface area (Å²) in [6, 6.07) is 4.72. The molecule has 0 saturated heterocycles. The first kappa shape index (κ1) is 12.4. The zero-order valence-electron chi connectivity index (χ0n) is 10.8. The molecule has 2 heterocycles. The fourth-order valence-electron chi connectivity index (χ4n) is 2.42. The Labute approximate surface area is 113 Å². The van der Waals surface area contributed by atoms with E-state index in [9.17, 15) is 9.18 Å². The third kappa shape index (κ3) is 1.54. The highest BCUT2D eigenvalue weighted by Crippen LogP contribution is 2.37. The van der Waals surface area contributed by atoms with Gasteiger partial charge in [-0.1, -0.05) is 11.2 Å². The lowest BCUT2D eigenvalue weighted by molar-refractivity contribution is 0.0697. The van der Waals surface area contributed by atoms with Crippen molar-refractivity contribution in [2.24, 2.45) is 7.05 Å². The molecule has 0 amide bonds. The Balaban J connectivity index is 2.45. The smallest absolute Gasteiger partial charge is 0.341 e. The van der Waals surface area contributed by atoms with E-state index in [4.69, 9.17) is 9.63 Å². The van der Waals surface area contributed by atoms with Crippen LogP contribution in [-0.4, -0.2) is 20.8 Å². The number of benzene rings is 1. The van der Waals surface area contributed by atoms with Crippen molar-refractivity contribution < 1.29 is 18.8 Å². The minimum atomic E-state index is -1.16. The SMILES string of the molecule is Cc1c(-c2oncc2C(=O)O)c2c(F)cccc2n1C. The Morgan fingerprint density at radius 1 is 1.45 bits per heavy atom. The van der Waals surface area contributed by atoms with Crippen LogP contribution in [0.1, 0.15) is 16.1 Å². The van der Waals surface area contributed by atoms with Crippen LogP contribution in [0, 0.1) is 12.7 Å². The largest absolute Gasteiger partial charge is 0.477 e. The van der Waals surface area contributed by atoms with Crippen molar-refractivity contribution in [1.82, 2.24) is 9.72 Å². The number of fused-ring (bicyclic) bond motifs is 1. The second-order valence-corrected chi connectivity index (χ2v) is 4.53. The van der Waals surface area contributed by atoms with E-state index in [2.05, 4.69) is 5.16 Å². The minimum Gasteiger partial charge on any atom is -0.477 e. The lowest BCUT2D eigenvalue weighted by atomic mass is 10.1. The Morgan fingerprint density at radius 2 is 2.20 bits per heavy atom. The van der Waals surface area contributed by atoms with Gasteiger partial charge in [0.15, 0.2) is 5.76 Å². The van der Waals surface area contributed by atoms with Gasteiger partial charge in [-0.3, -0.25) is 0 Å². The van der Waals surface area contributed by atoms with Crippen LogP contribution in [0.4, 0.5) is 4.39 Å². The molecule has 0 bridgehead atoms. The summed E-state index contributed by atoms with van der Waals surface area (Å²) in [6.07, 6.45) is 1.12. The molecule has 0 saturated carbocycles. The Morgan fingerprint density at radius 3 is 2.90 bits per heavy atom. The highest BCUT2D eigenvalue weighted by atomic mass is 19.1. The van der Waals surface area contributed by atoms with Crippen molar-refractivity contribution in [3.05, 3.63) is 41.5 Å². The average molecular weight is 274 g/mol. The lowest BCUT2D eigenvalue weighted by Gasteiger charge is -2.00. The molecular formula is C14H11FN2O3. The minimum absolute atomic E-state index is 0.0747. The van der Waals surface area contributed by atoms with Gasteiger partial charge in [-0.15, -0.1) is 0 Å². The molecule has 6 heteroatoms. The Bertz CT molecular complexity index is 832. The van der Waals surface area contributed by atoms with Gasteiger partial charge in [0.05, 0.1) is 17.3 Å². The van der Waals surface area contributed by atoms with Gasteiger partial charge in [-0.2, -0.15) is 0 Å². The molecule has 0 fully saturated rings. The van der Waals surface area contributed by atoms with Crippen molar-refractivity contribution in [2.45, 2.75) is 6.92 Å². The molecule has 1 N–H and O–H groups in total. The van der Waals surface area contributed by atoms with Crippen LogP contribution in [0.5, 0.6) is 0 Å². The number of aryl methyl sites for hydroxylation is 1. The van der Waals surface area contributed by atoms with Gasteiger partial charge in [0.2, 0.25) is 0 Å². The predicted molar refractivity (Wildman–Crippen MR) is 70.1 cm³/mol. The van der Waals surface area contributed by atoms with Crippen molar-refractivity contribution in [3.8, 4) is 11.3 Å². The second-order valence-electron chi connectivity index (χ2n) is 4.53. The molecule has 2 aromatic heterocycles. The quantitative estimate of drug-likeness (QED) is 0.780. The molecule has 0 aliphatic heterocycles. The molecule has 0 aliphatic rings. The third-order valence-electron chi connectivity index (χ3n) is 3.50. The number of hydrogen-bond acceptors (Lipinski definition) is 3. The number of carbonyl (C=O) groups is 1. The van der Waals surface area contributed by atoms with Gasteiger partial charge >= 0.3 is 5.97 Å². The molecular weight excluding hydrogens is 263 g/mol. The van der Waals surface area contributed by atoms with Gasteiger partial charge < -0.3 is 14.2 Å². The summed E-state index contributed by atoms with van der Waals surface area (Å²) in [6.45, 7) is 1.78. The van der Waals surface area contributed by atoms with E-state index in [1.807, 2.05) is 0 Å². The maximum absolute atomic E-state index is 14.1. The number of carboxylic acids is 1. The first-order valence-corrected chi connectivity index (χ1v) is 5.94. The fraction of sp³-hybridized carbons (Fsp3) is 0.143. The number of hydrogen-bond donors (Lipinski definition) is 1. The van der Waals surface area contributed by atoms with Gasteiger partial charge in [0.1, 0.15) is 11.4 Å².